The van der Waals surface area contributed by atoms with Crippen LogP contribution in [0.4, 0.5) is 4.39 Å². The van der Waals surface area contributed by atoms with Crippen molar-refractivity contribution in [2.45, 2.75) is 25.4 Å². The molecule has 0 aliphatic carbocycles. The molecule has 1 amide bonds. The third-order valence-corrected chi connectivity index (χ3v) is 3.70. The van der Waals surface area contributed by atoms with E-state index in [4.69, 9.17) is 5.73 Å². The number of hydrogen-bond donors (Lipinski definition) is 2. The number of primary amides is 1. The predicted molar refractivity (Wildman–Crippen MR) is 72.3 cm³/mol. The van der Waals surface area contributed by atoms with Gasteiger partial charge in [-0.3, -0.25) is 4.79 Å². The van der Waals surface area contributed by atoms with Crippen LogP contribution in [0.5, 0.6) is 0 Å². The van der Waals surface area contributed by atoms with Crippen molar-refractivity contribution in [3.8, 4) is 0 Å². The molecule has 1 unspecified atom stereocenters. The molecule has 0 spiro atoms. The van der Waals surface area contributed by atoms with Gasteiger partial charge in [0.15, 0.2) is 0 Å². The second-order valence-corrected chi connectivity index (χ2v) is 5.08. The molecule has 3 N–H and O–H groups in total. The molecule has 104 valence electrons. The number of nitrogens with zero attached hydrogens (tertiary/aromatic N) is 1. The summed E-state index contributed by atoms with van der Waals surface area (Å²) in [5, 5.41) is 3.25. The molecule has 1 atom stereocenters. The van der Waals surface area contributed by atoms with Gasteiger partial charge in [0.25, 0.3) is 0 Å². The summed E-state index contributed by atoms with van der Waals surface area (Å²) in [7, 11) is 2.10. The number of nitrogens with one attached hydrogen (secondary N) is 1. The topological polar surface area (TPSA) is 58.4 Å². The molecular weight excluding hydrogens is 245 g/mol. The molecule has 1 aromatic rings. The molecular formula is C14H20FN3O. The van der Waals surface area contributed by atoms with Gasteiger partial charge in [-0.15, -0.1) is 0 Å². The Morgan fingerprint density at radius 1 is 1.58 bits per heavy atom. The normalized spacial score (nSPS) is 19.8. The first kappa shape index (κ1) is 14.0. The molecule has 1 aliphatic rings. The Bertz CT molecular complexity index is 464. The Balaban J connectivity index is 1.91. The van der Waals surface area contributed by atoms with Gasteiger partial charge in [0.2, 0.25) is 5.91 Å². The number of benzene rings is 1. The SMILES string of the molecule is CN1CCCC1CNCc1cc(C(N)=O)ccc1F. The van der Waals surface area contributed by atoms with Crippen molar-refractivity contribution < 1.29 is 9.18 Å². The molecule has 1 fully saturated rings. The van der Waals surface area contributed by atoms with Gasteiger partial charge in [0, 0.05) is 30.3 Å². The van der Waals surface area contributed by atoms with Crippen molar-refractivity contribution in [2.24, 2.45) is 5.73 Å². The van der Waals surface area contributed by atoms with Crippen LogP contribution in [-0.2, 0) is 6.54 Å². The number of likely N-dealkylation sites (tertiary alicyclic amines) is 1. The lowest BCUT2D eigenvalue weighted by atomic mass is 10.1. The third-order valence-electron chi connectivity index (χ3n) is 3.70. The fourth-order valence-corrected chi connectivity index (χ4v) is 2.47. The van der Waals surface area contributed by atoms with Gasteiger partial charge in [0.1, 0.15) is 5.82 Å². The third kappa shape index (κ3) is 3.52. The molecule has 0 saturated carbocycles. The average Bonchev–Trinajstić information content (AvgIpc) is 2.77. The van der Waals surface area contributed by atoms with E-state index in [9.17, 15) is 9.18 Å². The molecule has 1 saturated heterocycles. The zero-order chi connectivity index (χ0) is 13.8. The molecule has 4 nitrogen and oxygen atoms in total. The lowest BCUT2D eigenvalue weighted by Gasteiger charge is -2.19. The molecule has 0 aromatic heterocycles. The van der Waals surface area contributed by atoms with E-state index in [0.29, 0.717) is 23.7 Å². The summed E-state index contributed by atoms with van der Waals surface area (Å²) in [6.07, 6.45) is 2.39. The predicted octanol–water partition coefficient (Wildman–Crippen LogP) is 1.11. The van der Waals surface area contributed by atoms with Crippen molar-refractivity contribution in [3.05, 3.63) is 35.1 Å². The number of carbonyl (C=O) groups excluding carboxylic acids is 1. The standard InChI is InChI=1S/C14H20FN3O/c1-18-6-2-3-12(18)9-17-8-11-7-10(14(16)19)4-5-13(11)15/h4-5,7,12,17H,2-3,6,8-9H2,1H3,(H2,16,19). The summed E-state index contributed by atoms with van der Waals surface area (Å²) < 4.78 is 13.6. The molecule has 2 rings (SSSR count). The van der Waals surface area contributed by atoms with Crippen LogP contribution < -0.4 is 11.1 Å². The monoisotopic (exact) mass is 265 g/mol. The van der Waals surface area contributed by atoms with Gasteiger partial charge in [-0.1, -0.05) is 0 Å². The summed E-state index contributed by atoms with van der Waals surface area (Å²) in [5.74, 6) is -0.839. The van der Waals surface area contributed by atoms with Gasteiger partial charge in [-0.05, 0) is 44.6 Å². The average molecular weight is 265 g/mol. The van der Waals surface area contributed by atoms with Crippen molar-refractivity contribution in [2.75, 3.05) is 20.1 Å². The van der Waals surface area contributed by atoms with E-state index in [-0.39, 0.29) is 5.82 Å². The van der Waals surface area contributed by atoms with E-state index in [2.05, 4.69) is 17.3 Å². The molecule has 5 heteroatoms. The highest BCUT2D eigenvalue weighted by Gasteiger charge is 2.20. The second kappa shape index (κ2) is 6.12. The number of rotatable bonds is 5. The van der Waals surface area contributed by atoms with Crippen LogP contribution in [0, 0.1) is 5.82 Å². The minimum absolute atomic E-state index is 0.308. The maximum atomic E-state index is 13.6. The first-order valence-electron chi connectivity index (χ1n) is 6.57. The van der Waals surface area contributed by atoms with Crippen molar-refractivity contribution in [1.82, 2.24) is 10.2 Å². The van der Waals surface area contributed by atoms with E-state index < -0.39 is 5.91 Å². The van der Waals surface area contributed by atoms with Gasteiger partial charge < -0.3 is 16.0 Å². The maximum Gasteiger partial charge on any atom is 0.248 e. The van der Waals surface area contributed by atoms with Crippen LogP contribution >= 0.6 is 0 Å². The highest BCUT2D eigenvalue weighted by Crippen LogP contribution is 2.14. The molecule has 1 heterocycles. The van der Waals surface area contributed by atoms with E-state index in [0.717, 1.165) is 13.1 Å². The van der Waals surface area contributed by atoms with E-state index >= 15 is 0 Å². The number of carbonyl (C=O) groups is 1. The highest BCUT2D eigenvalue weighted by molar-refractivity contribution is 5.92. The largest absolute Gasteiger partial charge is 0.366 e. The lowest BCUT2D eigenvalue weighted by Crippen LogP contribution is -2.35. The number of likely N-dealkylation sites (N-methyl/N-ethyl adjacent to an activating group) is 1. The highest BCUT2D eigenvalue weighted by atomic mass is 19.1. The van der Waals surface area contributed by atoms with Gasteiger partial charge in [-0.2, -0.15) is 0 Å². The van der Waals surface area contributed by atoms with Gasteiger partial charge in [0.05, 0.1) is 0 Å². The first-order chi connectivity index (χ1) is 9.08. The zero-order valence-electron chi connectivity index (χ0n) is 11.2. The molecule has 0 bridgehead atoms. The first-order valence-corrected chi connectivity index (χ1v) is 6.57. The molecule has 0 radical (unpaired) electrons. The van der Waals surface area contributed by atoms with Gasteiger partial charge >= 0.3 is 0 Å². The Labute approximate surface area is 112 Å². The summed E-state index contributed by atoms with van der Waals surface area (Å²) in [4.78, 5) is 13.4. The minimum atomic E-state index is -0.531. The maximum absolute atomic E-state index is 13.6. The molecule has 19 heavy (non-hydrogen) atoms. The quantitative estimate of drug-likeness (QED) is 0.838. The summed E-state index contributed by atoms with van der Waals surface area (Å²) in [5.41, 5.74) is 6.02. The number of amides is 1. The summed E-state index contributed by atoms with van der Waals surface area (Å²) in [6.45, 7) is 2.37. The number of hydrogen-bond acceptors (Lipinski definition) is 3. The van der Waals surface area contributed by atoms with Crippen LogP contribution in [0.15, 0.2) is 18.2 Å². The zero-order valence-corrected chi connectivity index (χ0v) is 11.2. The smallest absolute Gasteiger partial charge is 0.248 e. The Morgan fingerprint density at radius 3 is 3.00 bits per heavy atom. The Morgan fingerprint density at radius 2 is 2.37 bits per heavy atom. The molecule has 1 aromatic carbocycles. The number of nitrogens with two attached hydrogens (primary N) is 1. The van der Waals surface area contributed by atoms with Crippen LogP contribution in [-0.4, -0.2) is 37.0 Å². The summed E-state index contributed by atoms with van der Waals surface area (Å²) in [6, 6.07) is 4.73. The Kier molecular flexibility index (Phi) is 4.50. The van der Waals surface area contributed by atoms with E-state index in [1.807, 2.05) is 0 Å². The van der Waals surface area contributed by atoms with Crippen LogP contribution in [0.1, 0.15) is 28.8 Å². The number of halogens is 1. The van der Waals surface area contributed by atoms with Crippen molar-refractivity contribution in [3.63, 3.8) is 0 Å². The fourth-order valence-electron chi connectivity index (χ4n) is 2.47. The second-order valence-electron chi connectivity index (χ2n) is 5.08. The molecule has 1 aliphatic heterocycles. The minimum Gasteiger partial charge on any atom is -0.366 e. The van der Waals surface area contributed by atoms with Crippen molar-refractivity contribution >= 4 is 5.91 Å². The van der Waals surface area contributed by atoms with E-state index in [1.165, 1.54) is 31.0 Å². The lowest BCUT2D eigenvalue weighted by molar-refractivity contribution is 0.1000. The Hall–Kier alpha value is -1.46. The van der Waals surface area contributed by atoms with E-state index in [1.54, 1.807) is 0 Å². The van der Waals surface area contributed by atoms with Crippen LogP contribution in [0.25, 0.3) is 0 Å². The summed E-state index contributed by atoms with van der Waals surface area (Å²) >= 11 is 0. The fraction of sp³-hybridized carbons (Fsp3) is 0.500. The van der Waals surface area contributed by atoms with Crippen LogP contribution in [0.3, 0.4) is 0 Å². The van der Waals surface area contributed by atoms with Gasteiger partial charge in [-0.25, -0.2) is 4.39 Å². The van der Waals surface area contributed by atoms with Crippen LogP contribution in [0.2, 0.25) is 0 Å². The van der Waals surface area contributed by atoms with Crippen molar-refractivity contribution in [1.29, 1.82) is 0 Å².